The molecule has 1 unspecified atom stereocenters. The molecule has 0 aliphatic heterocycles. The Morgan fingerprint density at radius 3 is 2.35 bits per heavy atom. The highest BCUT2D eigenvalue weighted by molar-refractivity contribution is 5.85. The van der Waals surface area contributed by atoms with Crippen LogP contribution in [-0.4, -0.2) is 60.6 Å². The fraction of sp³-hybridized carbons (Fsp3) is 0.368. The molecule has 0 saturated carbocycles. The van der Waals surface area contributed by atoms with E-state index in [9.17, 15) is 9.59 Å². The number of methoxy groups -OCH3 is 1. The number of aliphatic carboxylic acids is 1. The van der Waals surface area contributed by atoms with Crippen LogP contribution in [0.25, 0.3) is 10.8 Å². The SMILES string of the molecule is COc1ccc2cc(CN(C)C(=O)CN(C)C(C)C(=O)O)ccc2c1.Cl. The zero-order valence-electron chi connectivity index (χ0n) is 15.4. The molecule has 2 aromatic carbocycles. The Kier molecular flexibility index (Phi) is 7.86. The van der Waals surface area contributed by atoms with Crippen molar-refractivity contribution in [1.82, 2.24) is 9.80 Å². The highest BCUT2D eigenvalue weighted by atomic mass is 35.5. The lowest BCUT2D eigenvalue weighted by Gasteiger charge is -2.24. The average molecular weight is 381 g/mol. The Morgan fingerprint density at radius 2 is 1.73 bits per heavy atom. The van der Waals surface area contributed by atoms with Gasteiger partial charge in [0.25, 0.3) is 0 Å². The van der Waals surface area contributed by atoms with Gasteiger partial charge in [-0.15, -0.1) is 12.4 Å². The molecule has 0 aliphatic carbocycles. The van der Waals surface area contributed by atoms with Gasteiger partial charge in [-0.1, -0.05) is 18.2 Å². The molecule has 0 spiro atoms. The summed E-state index contributed by atoms with van der Waals surface area (Å²) in [4.78, 5) is 26.4. The molecule has 0 bridgehead atoms. The van der Waals surface area contributed by atoms with Crippen molar-refractivity contribution in [1.29, 1.82) is 0 Å². The van der Waals surface area contributed by atoms with E-state index in [-0.39, 0.29) is 24.9 Å². The molecule has 1 atom stereocenters. The zero-order valence-corrected chi connectivity index (χ0v) is 16.2. The van der Waals surface area contributed by atoms with E-state index in [0.717, 1.165) is 22.1 Å². The Labute approximate surface area is 159 Å². The van der Waals surface area contributed by atoms with Crippen molar-refractivity contribution in [2.45, 2.75) is 19.5 Å². The van der Waals surface area contributed by atoms with Crippen molar-refractivity contribution in [3.05, 3.63) is 42.0 Å². The molecule has 1 amide bonds. The third kappa shape index (κ3) is 5.34. The number of likely N-dealkylation sites (N-methyl/N-ethyl adjacent to an activating group) is 2. The minimum absolute atomic E-state index is 0. The molecule has 0 saturated heterocycles. The second kappa shape index (κ2) is 9.40. The maximum Gasteiger partial charge on any atom is 0.320 e. The van der Waals surface area contributed by atoms with Crippen LogP contribution in [0.5, 0.6) is 5.75 Å². The molecule has 0 heterocycles. The van der Waals surface area contributed by atoms with Crippen molar-refractivity contribution >= 4 is 35.1 Å². The molecular weight excluding hydrogens is 356 g/mol. The number of hydrogen-bond acceptors (Lipinski definition) is 4. The normalized spacial score (nSPS) is 11.7. The standard InChI is InChI=1S/C19H24N2O4.ClH/c1-13(19(23)24)20(2)12-18(22)21(3)11-14-5-6-16-10-17(25-4)8-7-15(16)9-14;/h5-10,13H,11-12H2,1-4H3,(H,23,24);1H. The Morgan fingerprint density at radius 1 is 1.12 bits per heavy atom. The van der Waals surface area contributed by atoms with Gasteiger partial charge in [0.2, 0.25) is 5.91 Å². The summed E-state index contributed by atoms with van der Waals surface area (Å²) in [7, 11) is 4.99. The maximum atomic E-state index is 12.3. The van der Waals surface area contributed by atoms with Gasteiger partial charge in [-0.05, 0) is 48.5 Å². The fourth-order valence-electron chi connectivity index (χ4n) is 2.52. The van der Waals surface area contributed by atoms with Gasteiger partial charge in [-0.3, -0.25) is 14.5 Å². The minimum atomic E-state index is -0.942. The molecule has 142 valence electrons. The van der Waals surface area contributed by atoms with Crippen LogP contribution in [0.15, 0.2) is 36.4 Å². The number of hydrogen-bond donors (Lipinski definition) is 1. The van der Waals surface area contributed by atoms with Gasteiger partial charge in [0.05, 0.1) is 13.7 Å². The number of halogens is 1. The predicted octanol–water partition coefficient (Wildman–Crippen LogP) is 2.63. The molecule has 6 nitrogen and oxygen atoms in total. The smallest absolute Gasteiger partial charge is 0.320 e. The number of rotatable bonds is 7. The summed E-state index contributed by atoms with van der Waals surface area (Å²) < 4.78 is 5.22. The van der Waals surface area contributed by atoms with Gasteiger partial charge in [0.1, 0.15) is 11.8 Å². The van der Waals surface area contributed by atoms with Gasteiger partial charge < -0.3 is 14.7 Å². The van der Waals surface area contributed by atoms with Crippen LogP contribution >= 0.6 is 12.4 Å². The molecule has 0 fully saturated rings. The number of carbonyl (C=O) groups is 2. The van der Waals surface area contributed by atoms with Crippen LogP contribution in [-0.2, 0) is 16.1 Å². The molecule has 2 aromatic rings. The average Bonchev–Trinajstić information content (AvgIpc) is 2.60. The number of carboxylic acids is 1. The molecular formula is C19H25ClN2O4. The molecule has 7 heteroatoms. The highest BCUT2D eigenvalue weighted by Gasteiger charge is 2.20. The van der Waals surface area contributed by atoms with Crippen molar-refractivity contribution < 1.29 is 19.4 Å². The van der Waals surface area contributed by atoms with E-state index in [1.807, 2.05) is 36.4 Å². The maximum absolute atomic E-state index is 12.3. The molecule has 0 radical (unpaired) electrons. The second-order valence-corrected chi connectivity index (χ2v) is 6.23. The van der Waals surface area contributed by atoms with Gasteiger partial charge in [-0.2, -0.15) is 0 Å². The first kappa shape index (κ1) is 21.7. The van der Waals surface area contributed by atoms with Crippen molar-refractivity contribution in [2.75, 3.05) is 27.7 Å². The van der Waals surface area contributed by atoms with E-state index in [0.29, 0.717) is 6.54 Å². The number of nitrogens with zero attached hydrogens (tertiary/aromatic N) is 2. The third-order valence-corrected chi connectivity index (χ3v) is 4.36. The minimum Gasteiger partial charge on any atom is -0.497 e. The van der Waals surface area contributed by atoms with Crippen molar-refractivity contribution in [3.63, 3.8) is 0 Å². The lowest BCUT2D eigenvalue weighted by molar-refractivity contribution is -0.143. The number of fused-ring (bicyclic) bond motifs is 1. The summed E-state index contributed by atoms with van der Waals surface area (Å²) in [5.41, 5.74) is 1.02. The number of amides is 1. The quantitative estimate of drug-likeness (QED) is 0.799. The number of benzene rings is 2. The van der Waals surface area contributed by atoms with Crippen molar-refractivity contribution in [3.8, 4) is 5.75 Å². The summed E-state index contributed by atoms with van der Waals surface area (Å²) in [5.74, 6) is -0.253. The zero-order chi connectivity index (χ0) is 18.6. The highest BCUT2D eigenvalue weighted by Crippen LogP contribution is 2.22. The van der Waals surface area contributed by atoms with E-state index in [2.05, 4.69) is 0 Å². The number of carboxylic acid groups (broad SMARTS) is 1. The van der Waals surface area contributed by atoms with E-state index >= 15 is 0 Å². The first-order valence-corrected chi connectivity index (χ1v) is 8.05. The Balaban J connectivity index is 0.00000338. The van der Waals surface area contributed by atoms with Crippen molar-refractivity contribution in [2.24, 2.45) is 0 Å². The lowest BCUT2D eigenvalue weighted by Crippen LogP contribution is -2.43. The van der Waals surface area contributed by atoms with E-state index < -0.39 is 12.0 Å². The van der Waals surface area contributed by atoms with Gasteiger partial charge in [-0.25, -0.2) is 0 Å². The molecule has 26 heavy (non-hydrogen) atoms. The Hall–Kier alpha value is -2.31. The van der Waals surface area contributed by atoms with E-state index in [1.165, 1.54) is 4.90 Å². The van der Waals surface area contributed by atoms with E-state index in [4.69, 9.17) is 9.84 Å². The summed E-state index contributed by atoms with van der Waals surface area (Å²) in [6.07, 6.45) is 0. The van der Waals surface area contributed by atoms with Gasteiger partial charge >= 0.3 is 5.97 Å². The number of carbonyl (C=O) groups excluding carboxylic acids is 1. The molecule has 1 N–H and O–H groups in total. The van der Waals surface area contributed by atoms with E-state index in [1.54, 1.807) is 33.0 Å². The summed E-state index contributed by atoms with van der Waals surface area (Å²) in [5, 5.41) is 11.2. The van der Waals surface area contributed by atoms with Crippen LogP contribution in [0.1, 0.15) is 12.5 Å². The first-order valence-electron chi connectivity index (χ1n) is 8.05. The summed E-state index contributed by atoms with van der Waals surface area (Å²) in [6.45, 7) is 2.10. The molecule has 0 aromatic heterocycles. The van der Waals surface area contributed by atoms with Crippen LogP contribution in [0.2, 0.25) is 0 Å². The summed E-state index contributed by atoms with van der Waals surface area (Å²) >= 11 is 0. The second-order valence-electron chi connectivity index (χ2n) is 6.23. The third-order valence-electron chi connectivity index (χ3n) is 4.36. The predicted molar refractivity (Wildman–Crippen MR) is 104 cm³/mol. The summed E-state index contributed by atoms with van der Waals surface area (Å²) in [6, 6.07) is 11.2. The van der Waals surface area contributed by atoms with Crippen LogP contribution < -0.4 is 4.74 Å². The van der Waals surface area contributed by atoms with Crippen LogP contribution in [0, 0.1) is 0 Å². The van der Waals surface area contributed by atoms with Crippen LogP contribution in [0.4, 0.5) is 0 Å². The topological polar surface area (TPSA) is 70.1 Å². The number of ether oxygens (including phenoxy) is 1. The first-order chi connectivity index (χ1) is 11.8. The lowest BCUT2D eigenvalue weighted by atomic mass is 10.1. The largest absolute Gasteiger partial charge is 0.497 e. The van der Waals surface area contributed by atoms with Gasteiger partial charge in [0, 0.05) is 13.6 Å². The van der Waals surface area contributed by atoms with Gasteiger partial charge in [0.15, 0.2) is 0 Å². The van der Waals surface area contributed by atoms with Crippen LogP contribution in [0.3, 0.4) is 0 Å². The molecule has 0 aliphatic rings. The Bertz CT molecular complexity index is 781. The molecule has 2 rings (SSSR count). The fourth-order valence-corrected chi connectivity index (χ4v) is 2.52. The monoisotopic (exact) mass is 380 g/mol.